The van der Waals surface area contributed by atoms with Gasteiger partial charge < -0.3 is 9.64 Å². The minimum Gasteiger partial charge on any atom is -0.375 e. The van der Waals surface area contributed by atoms with Gasteiger partial charge in [-0.2, -0.15) is 0 Å². The zero-order valence-corrected chi connectivity index (χ0v) is 17.5. The maximum atomic E-state index is 14.0. The summed E-state index contributed by atoms with van der Waals surface area (Å²) in [5.74, 6) is 0.665. The number of carbonyl (C=O) groups is 1. The first-order valence-corrected chi connectivity index (χ1v) is 11.4. The molecule has 4 aliphatic rings. The predicted molar refractivity (Wildman–Crippen MR) is 110 cm³/mol. The maximum absolute atomic E-state index is 14.0. The van der Waals surface area contributed by atoms with E-state index >= 15 is 0 Å². The average Bonchev–Trinajstić information content (AvgIpc) is 3.24. The van der Waals surface area contributed by atoms with E-state index in [-0.39, 0.29) is 24.4 Å². The molecule has 1 spiro atoms. The number of halogens is 1. The summed E-state index contributed by atoms with van der Waals surface area (Å²) in [4.78, 5) is 17.4. The van der Waals surface area contributed by atoms with E-state index in [9.17, 15) is 9.18 Å². The van der Waals surface area contributed by atoms with E-state index < -0.39 is 0 Å². The number of fused-ring (bicyclic) bond motifs is 1. The number of carbonyl (C=O) groups excluding carboxylic acids is 1. The van der Waals surface area contributed by atoms with Crippen molar-refractivity contribution in [2.75, 3.05) is 33.4 Å². The van der Waals surface area contributed by atoms with Crippen molar-refractivity contribution in [1.29, 1.82) is 0 Å². The topological polar surface area (TPSA) is 32.8 Å². The van der Waals surface area contributed by atoms with Crippen LogP contribution in [0.1, 0.15) is 56.6 Å². The Bertz CT molecular complexity index is 755. The molecule has 2 heterocycles. The number of likely N-dealkylation sites (tertiary alicyclic amines) is 2. The van der Waals surface area contributed by atoms with E-state index in [4.69, 9.17) is 4.74 Å². The lowest BCUT2D eigenvalue weighted by molar-refractivity contribution is -0.136. The Hall–Kier alpha value is -1.46. The van der Waals surface area contributed by atoms with Crippen LogP contribution in [0, 0.1) is 23.1 Å². The second kappa shape index (κ2) is 7.66. The van der Waals surface area contributed by atoms with E-state index in [0.717, 1.165) is 31.2 Å². The summed E-state index contributed by atoms with van der Waals surface area (Å²) in [6.07, 6.45) is 9.82. The number of amides is 1. The van der Waals surface area contributed by atoms with Crippen molar-refractivity contribution in [3.63, 3.8) is 0 Å². The van der Waals surface area contributed by atoms with Gasteiger partial charge in [0.25, 0.3) is 0 Å². The average molecular weight is 401 g/mol. The Balaban J connectivity index is 1.31. The van der Waals surface area contributed by atoms with Gasteiger partial charge in [0.05, 0.1) is 6.04 Å². The van der Waals surface area contributed by atoms with Crippen LogP contribution in [-0.2, 0) is 9.53 Å². The zero-order chi connectivity index (χ0) is 20.0. The highest BCUT2D eigenvalue weighted by atomic mass is 19.1. The van der Waals surface area contributed by atoms with Crippen LogP contribution in [0.3, 0.4) is 0 Å². The van der Waals surface area contributed by atoms with Gasteiger partial charge in [0.15, 0.2) is 0 Å². The fourth-order valence-corrected chi connectivity index (χ4v) is 6.87. The molecular weight excluding hydrogens is 367 g/mol. The summed E-state index contributed by atoms with van der Waals surface area (Å²) in [6.45, 7) is 2.97. The van der Waals surface area contributed by atoms with Gasteiger partial charge >= 0.3 is 0 Å². The van der Waals surface area contributed by atoms with Crippen LogP contribution in [0.2, 0.25) is 0 Å². The third-order valence-corrected chi connectivity index (χ3v) is 8.24. The van der Waals surface area contributed by atoms with Crippen molar-refractivity contribution in [1.82, 2.24) is 9.80 Å². The molecule has 5 heteroatoms. The van der Waals surface area contributed by atoms with Crippen LogP contribution in [0.25, 0.3) is 0 Å². The highest BCUT2D eigenvalue weighted by molar-refractivity contribution is 5.78. The third kappa shape index (κ3) is 3.50. The minimum atomic E-state index is -0.224. The molecule has 2 aliphatic carbocycles. The number of methoxy groups -OCH3 is 1. The van der Waals surface area contributed by atoms with E-state index in [2.05, 4.69) is 4.90 Å². The Kier molecular flexibility index (Phi) is 5.15. The zero-order valence-electron chi connectivity index (χ0n) is 17.5. The highest BCUT2D eigenvalue weighted by Crippen LogP contribution is 2.55. The maximum Gasteiger partial charge on any atom is 0.249 e. The number of hydrogen-bond acceptors (Lipinski definition) is 3. The number of rotatable bonds is 4. The fourth-order valence-electron chi connectivity index (χ4n) is 6.87. The van der Waals surface area contributed by atoms with Gasteiger partial charge in [0.2, 0.25) is 5.91 Å². The normalized spacial score (nSPS) is 31.8. The molecule has 0 unspecified atom stereocenters. The standard InChI is InChI=1S/C24H33FN2O2/c1-29-16-22(28)27-14-18-13-26(20-11-24(12-20)8-3-2-4-9-24)15-21(18)23(27)17-6-5-7-19(25)10-17/h5-7,10,18,20-21,23H,2-4,8-9,11-16H2,1H3/t18-,21-,23+/m1/s1. The molecule has 3 atom stereocenters. The number of ether oxygens (including phenoxy) is 1. The quantitative estimate of drug-likeness (QED) is 0.765. The molecule has 158 valence electrons. The lowest BCUT2D eigenvalue weighted by atomic mass is 9.58. The largest absolute Gasteiger partial charge is 0.375 e. The van der Waals surface area contributed by atoms with Crippen LogP contribution < -0.4 is 0 Å². The van der Waals surface area contributed by atoms with Crippen LogP contribution >= 0.6 is 0 Å². The number of hydrogen-bond donors (Lipinski definition) is 0. The predicted octanol–water partition coefficient (Wildman–Crippen LogP) is 4.02. The fraction of sp³-hybridized carbons (Fsp3) is 0.708. The van der Waals surface area contributed by atoms with Crippen molar-refractivity contribution in [3.8, 4) is 0 Å². The number of nitrogens with zero attached hydrogens (tertiary/aromatic N) is 2. The summed E-state index contributed by atoms with van der Waals surface area (Å²) >= 11 is 0. The van der Waals surface area contributed by atoms with Gasteiger partial charge in [0, 0.05) is 38.7 Å². The van der Waals surface area contributed by atoms with E-state index in [1.165, 1.54) is 51.0 Å². The van der Waals surface area contributed by atoms with Gasteiger partial charge in [-0.25, -0.2) is 4.39 Å². The van der Waals surface area contributed by atoms with Gasteiger partial charge in [-0.15, -0.1) is 0 Å². The van der Waals surface area contributed by atoms with E-state index in [1.807, 2.05) is 11.0 Å². The van der Waals surface area contributed by atoms with Crippen LogP contribution in [0.4, 0.5) is 4.39 Å². The molecule has 4 nitrogen and oxygen atoms in total. The van der Waals surface area contributed by atoms with Crippen molar-refractivity contribution in [2.24, 2.45) is 17.3 Å². The molecule has 2 aliphatic heterocycles. The lowest BCUT2D eigenvalue weighted by Crippen LogP contribution is -2.51. The van der Waals surface area contributed by atoms with Crippen molar-refractivity contribution >= 4 is 5.91 Å². The molecule has 2 saturated heterocycles. The Morgan fingerprint density at radius 2 is 1.97 bits per heavy atom. The second-order valence-electron chi connectivity index (χ2n) is 9.98. The monoisotopic (exact) mass is 400 g/mol. The van der Waals surface area contributed by atoms with Crippen molar-refractivity contribution < 1.29 is 13.9 Å². The molecule has 0 N–H and O–H groups in total. The molecule has 2 saturated carbocycles. The molecule has 4 fully saturated rings. The summed E-state index contributed by atoms with van der Waals surface area (Å²) in [5, 5.41) is 0. The molecule has 1 aromatic carbocycles. The molecule has 1 aromatic rings. The van der Waals surface area contributed by atoms with Crippen LogP contribution in [-0.4, -0.2) is 55.1 Å². The van der Waals surface area contributed by atoms with Crippen LogP contribution in [0.15, 0.2) is 24.3 Å². The third-order valence-electron chi connectivity index (χ3n) is 8.24. The minimum absolute atomic E-state index is 0.0208. The smallest absolute Gasteiger partial charge is 0.249 e. The first-order valence-electron chi connectivity index (χ1n) is 11.4. The van der Waals surface area contributed by atoms with E-state index in [0.29, 0.717) is 17.3 Å². The van der Waals surface area contributed by atoms with E-state index in [1.54, 1.807) is 19.2 Å². The number of benzene rings is 1. The SMILES string of the molecule is COCC(=O)N1C[C@H]2CN(C3CC4(CCCCC4)C3)C[C@H]2[C@@H]1c1cccc(F)c1. The van der Waals surface area contributed by atoms with Gasteiger partial charge in [-0.05, 0) is 54.7 Å². The summed E-state index contributed by atoms with van der Waals surface area (Å²) in [6, 6.07) is 7.52. The molecule has 0 bridgehead atoms. The van der Waals surface area contributed by atoms with Crippen LogP contribution in [0.5, 0.6) is 0 Å². The van der Waals surface area contributed by atoms with Crippen molar-refractivity contribution in [3.05, 3.63) is 35.6 Å². The summed E-state index contributed by atoms with van der Waals surface area (Å²) in [5.41, 5.74) is 1.57. The Morgan fingerprint density at radius 3 is 2.69 bits per heavy atom. The van der Waals surface area contributed by atoms with Crippen molar-refractivity contribution in [2.45, 2.75) is 57.0 Å². The molecular formula is C24H33FN2O2. The highest BCUT2D eigenvalue weighted by Gasteiger charge is 2.53. The summed E-state index contributed by atoms with van der Waals surface area (Å²) < 4.78 is 19.1. The first-order chi connectivity index (χ1) is 14.1. The molecule has 1 amide bonds. The Morgan fingerprint density at radius 1 is 1.17 bits per heavy atom. The summed E-state index contributed by atoms with van der Waals surface area (Å²) in [7, 11) is 1.56. The molecule has 29 heavy (non-hydrogen) atoms. The Labute approximate surface area is 173 Å². The second-order valence-corrected chi connectivity index (χ2v) is 9.98. The van der Waals surface area contributed by atoms with Gasteiger partial charge in [-0.3, -0.25) is 9.69 Å². The first kappa shape index (κ1) is 19.5. The molecule has 0 aromatic heterocycles. The molecule has 0 radical (unpaired) electrons. The lowest BCUT2D eigenvalue weighted by Gasteiger charge is -2.53. The van der Waals surface area contributed by atoms with Gasteiger partial charge in [-0.1, -0.05) is 31.4 Å². The molecule has 5 rings (SSSR count). The van der Waals surface area contributed by atoms with Gasteiger partial charge in [0.1, 0.15) is 12.4 Å².